The lowest BCUT2D eigenvalue weighted by molar-refractivity contribution is 0.870. The maximum atomic E-state index is 2.45. The Morgan fingerprint density at radius 3 is 1.24 bits per heavy atom. The van der Waals surface area contributed by atoms with Gasteiger partial charge in [-0.1, -0.05) is 48.5 Å². The van der Waals surface area contributed by atoms with Gasteiger partial charge in [-0.25, -0.2) is 0 Å². The zero-order chi connectivity index (χ0) is 31.9. The van der Waals surface area contributed by atoms with Crippen LogP contribution in [0.25, 0.3) is 10.8 Å². The Labute approximate surface area is 275 Å². The third-order valence-electron chi connectivity index (χ3n) is 8.98. The van der Waals surface area contributed by atoms with E-state index in [0.717, 1.165) is 26.2 Å². The van der Waals surface area contributed by atoms with Gasteiger partial charge in [-0.2, -0.15) is 0 Å². The molecular weight excluding hydrogens is 558 g/mol. The third kappa shape index (κ3) is 6.19. The predicted octanol–water partition coefficient (Wildman–Crippen LogP) is 11.0. The SMILES string of the molecule is CCN(CC)c1ccc([C+](c2ccc(N(CC)c3ccccc3)cc2)c2ccc(N(CC)c3ccccc3)cc2)c2ccccc12. The van der Waals surface area contributed by atoms with Crippen LogP contribution < -0.4 is 14.7 Å². The molecular formula is C43H44N3+. The minimum Gasteiger partial charge on any atom is -0.371 e. The summed E-state index contributed by atoms with van der Waals surface area (Å²) >= 11 is 0. The fraction of sp³-hybridized carbons (Fsp3) is 0.186. The quantitative estimate of drug-likeness (QED) is 0.102. The molecule has 0 N–H and O–H groups in total. The van der Waals surface area contributed by atoms with Crippen molar-refractivity contribution in [3.8, 4) is 0 Å². The van der Waals surface area contributed by atoms with E-state index in [1.54, 1.807) is 0 Å². The Morgan fingerprint density at radius 2 is 0.804 bits per heavy atom. The summed E-state index contributed by atoms with van der Waals surface area (Å²) < 4.78 is 0. The molecule has 6 rings (SSSR count). The Kier molecular flexibility index (Phi) is 9.59. The number of rotatable bonds is 12. The summed E-state index contributed by atoms with van der Waals surface area (Å²) in [6.07, 6.45) is 0. The molecule has 6 aromatic rings. The summed E-state index contributed by atoms with van der Waals surface area (Å²) in [6.45, 7) is 12.6. The fourth-order valence-corrected chi connectivity index (χ4v) is 6.68. The Hall–Kier alpha value is -5.15. The van der Waals surface area contributed by atoms with Crippen LogP contribution in [-0.2, 0) is 0 Å². The second-order valence-corrected chi connectivity index (χ2v) is 11.5. The van der Waals surface area contributed by atoms with Gasteiger partial charge in [0.25, 0.3) is 0 Å². The van der Waals surface area contributed by atoms with Crippen LogP contribution in [0.5, 0.6) is 0 Å². The number of benzene rings is 6. The number of anilines is 5. The molecule has 0 heterocycles. The molecule has 3 nitrogen and oxygen atoms in total. The van der Waals surface area contributed by atoms with Gasteiger partial charge >= 0.3 is 0 Å². The second-order valence-electron chi connectivity index (χ2n) is 11.5. The largest absolute Gasteiger partial charge is 0.371 e. The van der Waals surface area contributed by atoms with Gasteiger partial charge < -0.3 is 14.7 Å². The molecule has 0 atom stereocenters. The normalized spacial score (nSPS) is 11.0. The molecule has 0 aliphatic carbocycles. The van der Waals surface area contributed by atoms with E-state index in [1.165, 1.54) is 61.8 Å². The standard InChI is InChI=1S/C43H44N3/c1-5-44(6-2)42-32-31-41(39-21-15-16-22-40(39)42)43(33-23-27-37(28-24-33)45(7-3)35-17-11-9-12-18-35)34-25-29-38(30-26-34)46(8-4)36-19-13-10-14-20-36/h9-32H,5-8H2,1-4H3/q+1. The summed E-state index contributed by atoms with van der Waals surface area (Å²) in [4.78, 5) is 7.16. The average molecular weight is 603 g/mol. The van der Waals surface area contributed by atoms with E-state index < -0.39 is 0 Å². The highest BCUT2D eigenvalue weighted by molar-refractivity contribution is 5.99. The zero-order valence-electron chi connectivity index (χ0n) is 27.5. The molecule has 0 aliphatic heterocycles. The van der Waals surface area contributed by atoms with E-state index in [0.29, 0.717) is 0 Å². The van der Waals surface area contributed by atoms with Gasteiger partial charge in [-0.3, -0.25) is 0 Å². The molecule has 0 spiro atoms. The van der Waals surface area contributed by atoms with Gasteiger partial charge in [0.05, 0.1) is 39.7 Å². The van der Waals surface area contributed by atoms with Gasteiger partial charge in [-0.05, 0) is 125 Å². The van der Waals surface area contributed by atoms with E-state index in [4.69, 9.17) is 0 Å². The number of para-hydroxylation sites is 2. The molecule has 0 aromatic heterocycles. The maximum Gasteiger partial charge on any atom is 0.0638 e. The van der Waals surface area contributed by atoms with Crippen molar-refractivity contribution < 1.29 is 0 Å². The minimum absolute atomic E-state index is 0.897. The summed E-state index contributed by atoms with van der Waals surface area (Å²) in [7, 11) is 0. The maximum absolute atomic E-state index is 2.45. The summed E-state index contributed by atoms with van der Waals surface area (Å²) in [6, 6.07) is 53.0. The van der Waals surface area contributed by atoms with Crippen molar-refractivity contribution in [2.45, 2.75) is 27.7 Å². The van der Waals surface area contributed by atoms with E-state index in [2.05, 4.69) is 188 Å². The summed E-state index contributed by atoms with van der Waals surface area (Å²) in [5.74, 6) is 1.24. The van der Waals surface area contributed by atoms with Gasteiger partial charge in [0, 0.05) is 48.3 Å². The average Bonchev–Trinajstić information content (AvgIpc) is 3.12. The molecule has 0 saturated heterocycles. The van der Waals surface area contributed by atoms with Crippen molar-refractivity contribution in [3.63, 3.8) is 0 Å². The van der Waals surface area contributed by atoms with Crippen LogP contribution in [-0.4, -0.2) is 26.2 Å². The highest BCUT2D eigenvalue weighted by atomic mass is 15.1. The van der Waals surface area contributed by atoms with Crippen molar-refractivity contribution in [3.05, 3.63) is 168 Å². The molecule has 230 valence electrons. The van der Waals surface area contributed by atoms with Crippen molar-refractivity contribution >= 4 is 39.2 Å². The van der Waals surface area contributed by atoms with E-state index in [9.17, 15) is 0 Å². The van der Waals surface area contributed by atoms with Gasteiger partial charge in [-0.15, -0.1) is 0 Å². The Bertz CT molecular complexity index is 1740. The highest BCUT2D eigenvalue weighted by Gasteiger charge is 2.27. The predicted molar refractivity (Wildman–Crippen MR) is 199 cm³/mol. The lowest BCUT2D eigenvalue weighted by Crippen LogP contribution is -2.22. The van der Waals surface area contributed by atoms with E-state index in [-0.39, 0.29) is 0 Å². The first-order valence-electron chi connectivity index (χ1n) is 16.7. The second kappa shape index (κ2) is 14.3. The molecule has 0 saturated carbocycles. The van der Waals surface area contributed by atoms with Crippen LogP contribution >= 0.6 is 0 Å². The van der Waals surface area contributed by atoms with Crippen molar-refractivity contribution in [2.24, 2.45) is 0 Å². The molecule has 3 heteroatoms. The first kappa shape index (κ1) is 30.9. The molecule has 0 aliphatic rings. The molecule has 0 amide bonds. The van der Waals surface area contributed by atoms with Gasteiger partial charge in [0.1, 0.15) is 0 Å². The minimum atomic E-state index is 0.897. The van der Waals surface area contributed by atoms with Crippen LogP contribution in [0.1, 0.15) is 44.4 Å². The Balaban J connectivity index is 1.46. The molecule has 46 heavy (non-hydrogen) atoms. The topological polar surface area (TPSA) is 9.72 Å². The lowest BCUT2D eigenvalue weighted by Gasteiger charge is -2.25. The highest BCUT2D eigenvalue weighted by Crippen LogP contribution is 2.40. The van der Waals surface area contributed by atoms with Crippen LogP contribution in [0, 0.1) is 5.92 Å². The fourth-order valence-electron chi connectivity index (χ4n) is 6.68. The number of nitrogens with zero attached hydrogens (tertiary/aromatic N) is 3. The van der Waals surface area contributed by atoms with E-state index >= 15 is 0 Å². The van der Waals surface area contributed by atoms with Crippen LogP contribution in [0.15, 0.2) is 146 Å². The lowest BCUT2D eigenvalue weighted by atomic mass is 9.82. The molecule has 0 unspecified atom stereocenters. The smallest absolute Gasteiger partial charge is 0.0638 e. The van der Waals surface area contributed by atoms with Crippen molar-refractivity contribution in [2.75, 3.05) is 40.9 Å². The van der Waals surface area contributed by atoms with Crippen molar-refractivity contribution in [1.29, 1.82) is 0 Å². The van der Waals surface area contributed by atoms with E-state index in [1.807, 2.05) is 0 Å². The van der Waals surface area contributed by atoms with Crippen LogP contribution in [0.4, 0.5) is 28.4 Å². The molecule has 0 bridgehead atoms. The summed E-state index contributed by atoms with van der Waals surface area (Å²) in [5, 5.41) is 2.56. The molecule has 0 radical (unpaired) electrons. The molecule has 0 fully saturated rings. The van der Waals surface area contributed by atoms with Crippen molar-refractivity contribution in [1.82, 2.24) is 0 Å². The number of hydrogen-bond donors (Lipinski definition) is 0. The number of hydrogen-bond acceptors (Lipinski definition) is 3. The zero-order valence-corrected chi connectivity index (χ0v) is 27.5. The van der Waals surface area contributed by atoms with Gasteiger partial charge in [0.2, 0.25) is 0 Å². The van der Waals surface area contributed by atoms with Crippen LogP contribution in [0.2, 0.25) is 0 Å². The first-order chi connectivity index (χ1) is 22.7. The van der Waals surface area contributed by atoms with Crippen LogP contribution in [0.3, 0.4) is 0 Å². The Morgan fingerprint density at radius 1 is 0.391 bits per heavy atom. The van der Waals surface area contributed by atoms with Gasteiger partial charge in [0.15, 0.2) is 0 Å². The number of fused-ring (bicyclic) bond motifs is 1. The molecule has 6 aromatic carbocycles. The summed E-state index contributed by atoms with van der Waals surface area (Å²) in [5.41, 5.74) is 9.73. The first-order valence-corrected chi connectivity index (χ1v) is 16.7. The monoisotopic (exact) mass is 602 g/mol. The third-order valence-corrected chi connectivity index (χ3v) is 8.98.